The van der Waals surface area contributed by atoms with Crippen molar-refractivity contribution in [3.63, 3.8) is 0 Å². The fourth-order valence-electron chi connectivity index (χ4n) is 3.95. The van der Waals surface area contributed by atoms with E-state index in [0.717, 1.165) is 11.8 Å². The molecule has 3 rings (SSSR count). The molecule has 1 fully saturated rings. The lowest BCUT2D eigenvalue weighted by molar-refractivity contribution is 0.256. The largest absolute Gasteiger partial charge is 0.310 e. The van der Waals surface area contributed by atoms with Gasteiger partial charge in [-0.25, -0.2) is 0 Å². The van der Waals surface area contributed by atoms with E-state index in [-0.39, 0.29) is 0 Å². The molecule has 0 aliphatic heterocycles. The molecule has 0 heterocycles. The molecule has 1 aromatic rings. The predicted molar refractivity (Wildman–Crippen MR) is 88.9 cm³/mol. The minimum Gasteiger partial charge on any atom is -0.310 e. The predicted octanol–water partition coefficient (Wildman–Crippen LogP) is 5.24. The highest BCUT2D eigenvalue weighted by Crippen LogP contribution is 2.34. The van der Waals surface area contributed by atoms with Crippen LogP contribution in [0.2, 0.25) is 0 Å². The zero-order valence-electron chi connectivity index (χ0n) is 12.5. The lowest BCUT2D eigenvalue weighted by Gasteiger charge is -2.29. The fourth-order valence-corrected chi connectivity index (χ4v) is 4.36. The van der Waals surface area contributed by atoms with Crippen LogP contribution in [0.5, 0.6) is 0 Å². The number of hydrogen-bond acceptors (Lipinski definition) is 1. The molecule has 0 aromatic heterocycles. The van der Waals surface area contributed by atoms with Gasteiger partial charge < -0.3 is 5.32 Å². The van der Waals surface area contributed by atoms with Crippen LogP contribution in [0.3, 0.4) is 0 Å². The molecule has 0 bridgehead atoms. The van der Waals surface area contributed by atoms with Crippen molar-refractivity contribution in [2.24, 2.45) is 11.8 Å². The molecular weight excluding hydrogens is 310 g/mol. The van der Waals surface area contributed by atoms with E-state index < -0.39 is 0 Å². The number of fused-ring (bicyclic) bond motifs is 1. The average Bonchev–Trinajstić information content (AvgIpc) is 2.88. The van der Waals surface area contributed by atoms with Crippen LogP contribution in [0.1, 0.15) is 62.6 Å². The lowest BCUT2D eigenvalue weighted by Crippen LogP contribution is -2.28. The summed E-state index contributed by atoms with van der Waals surface area (Å²) in [6.45, 7) is 3.56. The molecule has 0 spiro atoms. The summed E-state index contributed by atoms with van der Waals surface area (Å²) in [7, 11) is 0. The van der Waals surface area contributed by atoms with Crippen LogP contribution >= 0.6 is 15.9 Å². The van der Waals surface area contributed by atoms with Crippen molar-refractivity contribution < 1.29 is 0 Å². The Balaban J connectivity index is 1.51. The Bertz CT molecular complexity index is 449. The molecule has 1 nitrogen and oxygen atoms in total. The molecule has 0 amide bonds. The van der Waals surface area contributed by atoms with Crippen LogP contribution in [0.25, 0.3) is 0 Å². The molecule has 2 aliphatic rings. The van der Waals surface area contributed by atoms with Gasteiger partial charge in [0.1, 0.15) is 0 Å². The number of halogens is 1. The van der Waals surface area contributed by atoms with Crippen LogP contribution in [0.4, 0.5) is 0 Å². The maximum absolute atomic E-state index is 3.84. The van der Waals surface area contributed by atoms with E-state index in [9.17, 15) is 0 Å². The number of aryl methyl sites for hydroxylation is 1. The number of benzene rings is 1. The summed E-state index contributed by atoms with van der Waals surface area (Å²) in [4.78, 5) is 0. The monoisotopic (exact) mass is 335 g/mol. The van der Waals surface area contributed by atoms with Gasteiger partial charge in [-0.2, -0.15) is 0 Å². The molecule has 1 saturated carbocycles. The molecule has 2 aliphatic carbocycles. The SMILES string of the molecule is CCC1CCC(CNC2CCc3cc(Br)ccc32)CC1. The zero-order chi connectivity index (χ0) is 13.9. The van der Waals surface area contributed by atoms with Crippen molar-refractivity contribution in [1.29, 1.82) is 0 Å². The van der Waals surface area contributed by atoms with Crippen molar-refractivity contribution in [2.75, 3.05) is 6.54 Å². The summed E-state index contributed by atoms with van der Waals surface area (Å²) in [5, 5.41) is 3.84. The molecule has 1 N–H and O–H groups in total. The van der Waals surface area contributed by atoms with E-state index in [1.807, 2.05) is 0 Å². The molecule has 1 atom stereocenters. The Morgan fingerprint density at radius 1 is 1.10 bits per heavy atom. The molecule has 0 radical (unpaired) electrons. The Kier molecular flexibility index (Phi) is 4.83. The summed E-state index contributed by atoms with van der Waals surface area (Å²) in [5.74, 6) is 1.92. The van der Waals surface area contributed by atoms with Crippen LogP contribution < -0.4 is 5.32 Å². The van der Waals surface area contributed by atoms with Gasteiger partial charge in [0, 0.05) is 10.5 Å². The average molecular weight is 336 g/mol. The number of nitrogens with one attached hydrogen (secondary N) is 1. The van der Waals surface area contributed by atoms with Crippen molar-refractivity contribution in [3.05, 3.63) is 33.8 Å². The second-order valence-corrected chi connectivity index (χ2v) is 7.55. The molecular formula is C18H26BrN. The normalized spacial score (nSPS) is 29.4. The fraction of sp³-hybridized carbons (Fsp3) is 0.667. The quantitative estimate of drug-likeness (QED) is 0.793. The van der Waals surface area contributed by atoms with Crippen molar-refractivity contribution in [1.82, 2.24) is 5.32 Å². The standard InChI is InChI=1S/C18H26BrN/c1-2-13-3-5-14(6-4-13)12-20-18-10-7-15-11-16(19)8-9-17(15)18/h8-9,11,13-14,18,20H,2-7,10,12H2,1H3. The van der Waals surface area contributed by atoms with Gasteiger partial charge in [-0.05, 0) is 67.3 Å². The number of rotatable bonds is 4. The highest BCUT2D eigenvalue weighted by Gasteiger charge is 2.24. The summed E-state index contributed by atoms with van der Waals surface area (Å²) in [6, 6.07) is 7.38. The Hall–Kier alpha value is -0.340. The first kappa shape index (κ1) is 14.6. The maximum Gasteiger partial charge on any atom is 0.0326 e. The molecule has 110 valence electrons. The third kappa shape index (κ3) is 3.28. The van der Waals surface area contributed by atoms with Crippen LogP contribution in [0, 0.1) is 11.8 Å². The third-order valence-corrected chi connectivity index (χ3v) is 5.87. The Morgan fingerprint density at radius 2 is 1.85 bits per heavy atom. The van der Waals surface area contributed by atoms with Gasteiger partial charge in [0.15, 0.2) is 0 Å². The van der Waals surface area contributed by atoms with Gasteiger partial charge in [-0.1, -0.05) is 48.2 Å². The second kappa shape index (κ2) is 6.62. The molecule has 20 heavy (non-hydrogen) atoms. The Morgan fingerprint density at radius 3 is 2.60 bits per heavy atom. The molecule has 2 heteroatoms. The van der Waals surface area contributed by atoms with E-state index in [4.69, 9.17) is 0 Å². The minimum atomic E-state index is 0.599. The first-order valence-corrected chi connectivity index (χ1v) is 9.07. The summed E-state index contributed by atoms with van der Waals surface area (Å²) in [6.07, 6.45) is 9.67. The molecule has 1 aromatic carbocycles. The topological polar surface area (TPSA) is 12.0 Å². The van der Waals surface area contributed by atoms with E-state index in [1.54, 1.807) is 0 Å². The van der Waals surface area contributed by atoms with Crippen LogP contribution in [0.15, 0.2) is 22.7 Å². The van der Waals surface area contributed by atoms with Gasteiger partial charge in [-0.15, -0.1) is 0 Å². The summed E-state index contributed by atoms with van der Waals surface area (Å²) < 4.78 is 1.22. The van der Waals surface area contributed by atoms with Crippen LogP contribution in [-0.2, 0) is 6.42 Å². The van der Waals surface area contributed by atoms with Crippen molar-refractivity contribution in [2.45, 2.75) is 57.9 Å². The van der Waals surface area contributed by atoms with E-state index in [1.165, 1.54) is 67.1 Å². The van der Waals surface area contributed by atoms with Gasteiger partial charge in [0.25, 0.3) is 0 Å². The van der Waals surface area contributed by atoms with E-state index >= 15 is 0 Å². The zero-order valence-corrected chi connectivity index (χ0v) is 14.1. The van der Waals surface area contributed by atoms with Gasteiger partial charge in [0.05, 0.1) is 0 Å². The van der Waals surface area contributed by atoms with Gasteiger partial charge >= 0.3 is 0 Å². The third-order valence-electron chi connectivity index (χ3n) is 5.38. The lowest BCUT2D eigenvalue weighted by atomic mass is 9.81. The second-order valence-electron chi connectivity index (χ2n) is 6.64. The molecule has 0 saturated heterocycles. The van der Waals surface area contributed by atoms with Gasteiger partial charge in [-0.3, -0.25) is 0 Å². The van der Waals surface area contributed by atoms with Gasteiger partial charge in [0.2, 0.25) is 0 Å². The van der Waals surface area contributed by atoms with E-state index in [2.05, 4.69) is 46.4 Å². The van der Waals surface area contributed by atoms with Crippen LogP contribution in [-0.4, -0.2) is 6.54 Å². The molecule has 1 unspecified atom stereocenters. The first-order chi connectivity index (χ1) is 9.76. The smallest absolute Gasteiger partial charge is 0.0326 e. The van der Waals surface area contributed by atoms with E-state index in [0.29, 0.717) is 6.04 Å². The Labute approximate surface area is 131 Å². The van der Waals surface area contributed by atoms with Crippen molar-refractivity contribution in [3.8, 4) is 0 Å². The minimum absolute atomic E-state index is 0.599. The summed E-state index contributed by atoms with van der Waals surface area (Å²) in [5.41, 5.74) is 3.07. The first-order valence-electron chi connectivity index (χ1n) is 8.28. The highest BCUT2D eigenvalue weighted by molar-refractivity contribution is 9.10. The van der Waals surface area contributed by atoms with Crippen molar-refractivity contribution >= 4 is 15.9 Å². The maximum atomic E-state index is 3.84. The highest BCUT2D eigenvalue weighted by atomic mass is 79.9. The summed E-state index contributed by atoms with van der Waals surface area (Å²) >= 11 is 3.58. The number of hydrogen-bond donors (Lipinski definition) is 1.